The molecule has 2 heterocycles. The molecule has 164 valence electrons. The van der Waals surface area contributed by atoms with Gasteiger partial charge in [0, 0.05) is 11.4 Å². The molecule has 1 fully saturated rings. The van der Waals surface area contributed by atoms with Crippen molar-refractivity contribution in [1.29, 1.82) is 0 Å². The lowest BCUT2D eigenvalue weighted by Crippen LogP contribution is -2.35. The Balaban J connectivity index is 1.45. The summed E-state index contributed by atoms with van der Waals surface area (Å²) in [6.45, 7) is 1.94. The van der Waals surface area contributed by atoms with Crippen LogP contribution in [-0.4, -0.2) is 26.7 Å². The molecule has 5 heteroatoms. The number of carbonyl (C=O) groups excluding carboxylic acids is 1. The summed E-state index contributed by atoms with van der Waals surface area (Å²) < 4.78 is 1.77. The number of benzene rings is 1. The monoisotopic (exact) mass is 418 g/mol. The zero-order valence-corrected chi connectivity index (χ0v) is 18.6. The first-order valence-corrected chi connectivity index (χ1v) is 11.9. The summed E-state index contributed by atoms with van der Waals surface area (Å²) in [5.41, 5.74) is 2.39. The van der Waals surface area contributed by atoms with Crippen molar-refractivity contribution in [2.24, 2.45) is 0 Å². The lowest BCUT2D eigenvalue weighted by atomic mass is 9.97. The molecule has 1 N–H and O–H groups in total. The summed E-state index contributed by atoms with van der Waals surface area (Å²) in [5, 5.41) is 8.89. The lowest BCUT2D eigenvalue weighted by molar-refractivity contribution is 0.0930. The Morgan fingerprint density at radius 2 is 1.55 bits per heavy atom. The maximum absolute atomic E-state index is 13.1. The highest BCUT2D eigenvalue weighted by molar-refractivity contribution is 5.95. The van der Waals surface area contributed by atoms with E-state index >= 15 is 0 Å². The highest BCUT2D eigenvalue weighted by atomic mass is 16.1. The van der Waals surface area contributed by atoms with E-state index in [1.807, 2.05) is 43.3 Å². The third kappa shape index (κ3) is 5.52. The van der Waals surface area contributed by atoms with Crippen LogP contribution in [0.15, 0.2) is 42.6 Å². The average molecular weight is 419 g/mol. The summed E-state index contributed by atoms with van der Waals surface area (Å²) in [4.78, 5) is 17.8. The van der Waals surface area contributed by atoms with Crippen LogP contribution in [0.1, 0.15) is 86.7 Å². The van der Waals surface area contributed by atoms with Crippen LogP contribution in [0.4, 0.5) is 0 Å². The second kappa shape index (κ2) is 10.6. The van der Waals surface area contributed by atoms with Crippen LogP contribution in [0.25, 0.3) is 16.7 Å². The minimum absolute atomic E-state index is 0.0124. The molecule has 1 amide bonds. The second-order valence-corrected chi connectivity index (χ2v) is 8.85. The molecule has 31 heavy (non-hydrogen) atoms. The number of nitrogens with zero attached hydrogens (tertiary/aromatic N) is 3. The van der Waals surface area contributed by atoms with Crippen molar-refractivity contribution >= 4 is 16.8 Å². The van der Waals surface area contributed by atoms with Gasteiger partial charge in [0.05, 0.1) is 23.0 Å². The van der Waals surface area contributed by atoms with E-state index in [-0.39, 0.29) is 11.9 Å². The van der Waals surface area contributed by atoms with E-state index in [0.717, 1.165) is 35.3 Å². The molecule has 1 aliphatic rings. The van der Waals surface area contributed by atoms with E-state index in [0.29, 0.717) is 5.56 Å². The summed E-state index contributed by atoms with van der Waals surface area (Å²) in [5.74, 6) is 0.725. The second-order valence-electron chi connectivity index (χ2n) is 8.85. The summed E-state index contributed by atoms with van der Waals surface area (Å²) in [7, 11) is 0. The molecule has 4 rings (SSSR count). The molecule has 0 aliphatic heterocycles. The third-order valence-electron chi connectivity index (χ3n) is 6.50. The van der Waals surface area contributed by atoms with Gasteiger partial charge in [-0.1, -0.05) is 76.0 Å². The molecule has 0 saturated heterocycles. The molecule has 3 aromatic rings. The number of pyridine rings is 1. The number of carbonyl (C=O) groups is 1. The molecule has 0 bridgehead atoms. The van der Waals surface area contributed by atoms with Crippen LogP contribution in [0.3, 0.4) is 0 Å². The number of fused-ring (bicyclic) bond motifs is 1. The highest BCUT2D eigenvalue weighted by Gasteiger charge is 2.19. The van der Waals surface area contributed by atoms with Crippen LogP contribution in [0.5, 0.6) is 0 Å². The van der Waals surface area contributed by atoms with Crippen molar-refractivity contribution in [1.82, 2.24) is 20.1 Å². The van der Waals surface area contributed by atoms with E-state index < -0.39 is 0 Å². The standard InChI is InChI=1S/C26H34N4O/c1-20-23(19-27-30(20)25-18-17-21-13-11-12-16-24(21)29-25)26(31)28-22-14-9-7-5-3-2-4-6-8-10-15-22/h11-13,16-19,22H,2-10,14-15H2,1H3,(H,28,31). The minimum Gasteiger partial charge on any atom is -0.349 e. The summed E-state index contributed by atoms with van der Waals surface area (Å²) in [6, 6.07) is 12.3. The van der Waals surface area contributed by atoms with Gasteiger partial charge in [0.15, 0.2) is 5.82 Å². The molecule has 1 saturated carbocycles. The molecular weight excluding hydrogens is 384 g/mol. The van der Waals surface area contributed by atoms with Crippen molar-refractivity contribution in [3.05, 3.63) is 53.9 Å². The molecule has 0 spiro atoms. The van der Waals surface area contributed by atoms with Gasteiger partial charge in [-0.15, -0.1) is 0 Å². The van der Waals surface area contributed by atoms with Gasteiger partial charge in [0.2, 0.25) is 0 Å². The fourth-order valence-corrected chi connectivity index (χ4v) is 4.61. The van der Waals surface area contributed by atoms with Gasteiger partial charge in [0.1, 0.15) is 0 Å². The Hall–Kier alpha value is -2.69. The Labute approximate surface area is 185 Å². The first-order chi connectivity index (χ1) is 15.2. The average Bonchev–Trinajstić information content (AvgIpc) is 3.16. The third-order valence-corrected chi connectivity index (χ3v) is 6.50. The van der Waals surface area contributed by atoms with Gasteiger partial charge in [-0.3, -0.25) is 4.79 Å². The molecule has 0 unspecified atom stereocenters. The number of hydrogen-bond acceptors (Lipinski definition) is 3. The van der Waals surface area contributed by atoms with Gasteiger partial charge in [0.25, 0.3) is 5.91 Å². The molecule has 5 nitrogen and oxygen atoms in total. The normalized spacial score (nSPS) is 17.1. The lowest BCUT2D eigenvalue weighted by Gasteiger charge is -2.19. The molecule has 1 aromatic carbocycles. The molecular formula is C26H34N4O. The number of rotatable bonds is 3. The maximum Gasteiger partial charge on any atom is 0.254 e. The molecule has 0 atom stereocenters. The Bertz CT molecular complexity index is 998. The van der Waals surface area contributed by atoms with Crippen LogP contribution in [0.2, 0.25) is 0 Å². The first-order valence-electron chi connectivity index (χ1n) is 11.9. The zero-order valence-electron chi connectivity index (χ0n) is 18.6. The topological polar surface area (TPSA) is 59.8 Å². The van der Waals surface area contributed by atoms with E-state index in [1.165, 1.54) is 57.8 Å². The van der Waals surface area contributed by atoms with Crippen molar-refractivity contribution in [2.75, 3.05) is 0 Å². The zero-order chi connectivity index (χ0) is 21.5. The quantitative estimate of drug-likeness (QED) is 0.556. The number of nitrogens with one attached hydrogen (secondary N) is 1. The summed E-state index contributed by atoms with van der Waals surface area (Å²) in [6.07, 6.45) is 15.5. The Morgan fingerprint density at radius 1 is 0.903 bits per heavy atom. The minimum atomic E-state index is -0.0124. The predicted molar refractivity (Wildman–Crippen MR) is 126 cm³/mol. The fraction of sp³-hybridized carbons (Fsp3) is 0.500. The van der Waals surface area contributed by atoms with Gasteiger partial charge in [-0.2, -0.15) is 5.10 Å². The van der Waals surface area contributed by atoms with Crippen molar-refractivity contribution < 1.29 is 4.79 Å². The number of para-hydroxylation sites is 1. The molecule has 2 aromatic heterocycles. The largest absolute Gasteiger partial charge is 0.349 e. The SMILES string of the molecule is Cc1c(C(=O)NC2CCCCCCCCCCC2)cnn1-c1ccc2ccccc2n1. The van der Waals surface area contributed by atoms with Gasteiger partial charge >= 0.3 is 0 Å². The van der Waals surface area contributed by atoms with Crippen molar-refractivity contribution in [2.45, 2.75) is 83.6 Å². The highest BCUT2D eigenvalue weighted by Crippen LogP contribution is 2.19. The van der Waals surface area contributed by atoms with Crippen molar-refractivity contribution in [3.63, 3.8) is 0 Å². The van der Waals surface area contributed by atoms with Crippen molar-refractivity contribution in [3.8, 4) is 5.82 Å². The molecule has 0 radical (unpaired) electrons. The maximum atomic E-state index is 13.1. The van der Waals surface area contributed by atoms with Crippen LogP contribution >= 0.6 is 0 Å². The number of amides is 1. The smallest absolute Gasteiger partial charge is 0.254 e. The van der Waals surface area contributed by atoms with E-state index in [2.05, 4.69) is 10.4 Å². The molecule has 1 aliphatic carbocycles. The predicted octanol–water partition coefficient (Wildman–Crippen LogP) is 6.13. The van der Waals surface area contributed by atoms with E-state index in [9.17, 15) is 4.79 Å². The van der Waals surface area contributed by atoms with E-state index in [4.69, 9.17) is 4.98 Å². The first kappa shape index (κ1) is 21.5. The fourth-order valence-electron chi connectivity index (χ4n) is 4.61. The van der Waals surface area contributed by atoms with Crippen LogP contribution < -0.4 is 5.32 Å². The summed E-state index contributed by atoms with van der Waals surface area (Å²) >= 11 is 0. The Morgan fingerprint density at radius 3 is 2.26 bits per heavy atom. The van der Waals surface area contributed by atoms with Gasteiger partial charge in [-0.05, 0) is 38.0 Å². The van der Waals surface area contributed by atoms with E-state index in [1.54, 1.807) is 10.9 Å². The van der Waals surface area contributed by atoms with Gasteiger partial charge < -0.3 is 5.32 Å². The van der Waals surface area contributed by atoms with Crippen LogP contribution in [-0.2, 0) is 0 Å². The van der Waals surface area contributed by atoms with Crippen LogP contribution in [0, 0.1) is 6.92 Å². The number of aromatic nitrogens is 3. The number of hydrogen-bond donors (Lipinski definition) is 1. The van der Waals surface area contributed by atoms with Gasteiger partial charge in [-0.25, -0.2) is 9.67 Å². The Kier molecular flexibility index (Phi) is 7.34.